The van der Waals surface area contributed by atoms with Crippen LogP contribution in [0.15, 0.2) is 36.7 Å². The van der Waals surface area contributed by atoms with Gasteiger partial charge in [-0.05, 0) is 31.2 Å². The van der Waals surface area contributed by atoms with E-state index in [4.69, 9.17) is 10.00 Å². The van der Waals surface area contributed by atoms with Gasteiger partial charge in [0.1, 0.15) is 5.75 Å². The summed E-state index contributed by atoms with van der Waals surface area (Å²) in [6.45, 7) is 1.79. The maximum Gasteiger partial charge on any atom is 0.258 e. The quantitative estimate of drug-likeness (QED) is 0.862. The minimum absolute atomic E-state index is 0.0753. The van der Waals surface area contributed by atoms with Gasteiger partial charge in [-0.3, -0.25) is 9.89 Å². The standard InChI is InChI=1S/C14H14N4O2/c1-10(12-7-16-17-8-12)18-14(19)9-20-13-4-2-11(6-15)3-5-13/h2-5,7-8,10H,9H2,1H3,(H,16,17)(H,18,19). The number of H-pyrrole nitrogens is 1. The number of aromatic amines is 1. The molecule has 1 heterocycles. The Morgan fingerprint density at radius 3 is 2.85 bits per heavy atom. The largest absolute Gasteiger partial charge is 0.484 e. The topological polar surface area (TPSA) is 90.8 Å². The summed E-state index contributed by atoms with van der Waals surface area (Å²) >= 11 is 0. The predicted molar refractivity (Wildman–Crippen MR) is 71.8 cm³/mol. The van der Waals surface area contributed by atoms with Crippen molar-refractivity contribution in [3.8, 4) is 11.8 Å². The van der Waals surface area contributed by atoms with E-state index in [9.17, 15) is 4.79 Å². The van der Waals surface area contributed by atoms with E-state index in [1.54, 1.807) is 36.7 Å². The Hall–Kier alpha value is -2.81. The lowest BCUT2D eigenvalue weighted by Crippen LogP contribution is -2.31. The minimum Gasteiger partial charge on any atom is -0.484 e. The average molecular weight is 270 g/mol. The van der Waals surface area contributed by atoms with Crippen LogP contribution in [0.1, 0.15) is 24.1 Å². The van der Waals surface area contributed by atoms with Crippen LogP contribution in [0.2, 0.25) is 0 Å². The van der Waals surface area contributed by atoms with Crippen molar-refractivity contribution in [2.24, 2.45) is 0 Å². The molecule has 0 aliphatic carbocycles. The molecule has 0 saturated carbocycles. The van der Waals surface area contributed by atoms with E-state index in [-0.39, 0.29) is 18.6 Å². The van der Waals surface area contributed by atoms with Crippen molar-refractivity contribution in [3.05, 3.63) is 47.8 Å². The Balaban J connectivity index is 1.81. The molecule has 2 aromatic rings. The van der Waals surface area contributed by atoms with Crippen LogP contribution in [-0.4, -0.2) is 22.7 Å². The van der Waals surface area contributed by atoms with Gasteiger partial charge in [0, 0.05) is 11.8 Å². The fourth-order valence-corrected chi connectivity index (χ4v) is 1.64. The number of nitrogens with zero attached hydrogens (tertiary/aromatic N) is 2. The number of hydrogen-bond acceptors (Lipinski definition) is 4. The minimum atomic E-state index is -0.219. The van der Waals surface area contributed by atoms with E-state index in [0.717, 1.165) is 5.56 Å². The van der Waals surface area contributed by atoms with Gasteiger partial charge >= 0.3 is 0 Å². The van der Waals surface area contributed by atoms with Crippen molar-refractivity contribution >= 4 is 5.91 Å². The maximum atomic E-state index is 11.7. The third-order valence-electron chi connectivity index (χ3n) is 2.75. The number of aromatic nitrogens is 2. The highest BCUT2D eigenvalue weighted by Gasteiger charge is 2.10. The zero-order valence-corrected chi connectivity index (χ0v) is 11.0. The van der Waals surface area contributed by atoms with Crippen molar-refractivity contribution in [2.45, 2.75) is 13.0 Å². The molecule has 0 spiro atoms. The Kier molecular flexibility index (Phi) is 4.35. The molecule has 0 saturated heterocycles. The SMILES string of the molecule is CC(NC(=O)COc1ccc(C#N)cc1)c1cn[nH]c1. The van der Waals surface area contributed by atoms with Crippen molar-refractivity contribution in [2.75, 3.05) is 6.61 Å². The van der Waals surface area contributed by atoms with Crippen LogP contribution in [0.4, 0.5) is 0 Å². The van der Waals surface area contributed by atoms with Crippen LogP contribution >= 0.6 is 0 Å². The number of nitriles is 1. The number of rotatable bonds is 5. The second-order valence-electron chi connectivity index (χ2n) is 4.25. The van der Waals surface area contributed by atoms with Crippen molar-refractivity contribution < 1.29 is 9.53 Å². The molecule has 1 aromatic heterocycles. The number of ether oxygens (including phenoxy) is 1. The van der Waals surface area contributed by atoms with Crippen LogP contribution in [0.5, 0.6) is 5.75 Å². The summed E-state index contributed by atoms with van der Waals surface area (Å²) in [7, 11) is 0. The highest BCUT2D eigenvalue weighted by Crippen LogP contribution is 2.12. The predicted octanol–water partition coefficient (Wildman–Crippen LogP) is 1.54. The highest BCUT2D eigenvalue weighted by molar-refractivity contribution is 5.78. The smallest absolute Gasteiger partial charge is 0.258 e. The van der Waals surface area contributed by atoms with Gasteiger partial charge < -0.3 is 10.1 Å². The first kappa shape index (κ1) is 13.6. The van der Waals surface area contributed by atoms with E-state index < -0.39 is 0 Å². The fourth-order valence-electron chi connectivity index (χ4n) is 1.64. The molecular formula is C14H14N4O2. The van der Waals surface area contributed by atoms with Crippen molar-refractivity contribution in [1.29, 1.82) is 5.26 Å². The second kappa shape index (κ2) is 6.38. The Morgan fingerprint density at radius 2 is 2.25 bits per heavy atom. The van der Waals surface area contributed by atoms with Crippen LogP contribution in [0, 0.1) is 11.3 Å². The first-order chi connectivity index (χ1) is 9.69. The molecule has 0 radical (unpaired) electrons. The van der Waals surface area contributed by atoms with E-state index in [1.165, 1.54) is 0 Å². The lowest BCUT2D eigenvalue weighted by atomic mass is 10.2. The molecule has 1 amide bonds. The average Bonchev–Trinajstić information content (AvgIpc) is 3.00. The lowest BCUT2D eigenvalue weighted by molar-refractivity contribution is -0.123. The van der Waals surface area contributed by atoms with E-state index in [2.05, 4.69) is 15.5 Å². The summed E-state index contributed by atoms with van der Waals surface area (Å²) in [6.07, 6.45) is 3.39. The third kappa shape index (κ3) is 3.59. The molecule has 102 valence electrons. The van der Waals surface area contributed by atoms with Gasteiger partial charge in [0.05, 0.1) is 23.9 Å². The Labute approximate surface area is 116 Å². The third-order valence-corrected chi connectivity index (χ3v) is 2.75. The molecule has 20 heavy (non-hydrogen) atoms. The van der Waals surface area contributed by atoms with Gasteiger partial charge in [0.15, 0.2) is 6.61 Å². The number of amides is 1. The molecule has 0 fully saturated rings. The lowest BCUT2D eigenvalue weighted by Gasteiger charge is -2.12. The normalized spacial score (nSPS) is 11.4. The van der Waals surface area contributed by atoms with E-state index in [0.29, 0.717) is 11.3 Å². The molecule has 1 aromatic carbocycles. The van der Waals surface area contributed by atoms with Crippen molar-refractivity contribution in [3.63, 3.8) is 0 Å². The summed E-state index contributed by atoms with van der Waals surface area (Å²) in [4.78, 5) is 11.7. The Morgan fingerprint density at radius 1 is 1.50 bits per heavy atom. The van der Waals surface area contributed by atoms with Gasteiger partial charge in [-0.15, -0.1) is 0 Å². The maximum absolute atomic E-state index is 11.7. The molecule has 2 N–H and O–H groups in total. The summed E-state index contributed by atoms with van der Waals surface area (Å²) in [5, 5.41) is 18.0. The Bertz CT molecular complexity index is 599. The van der Waals surface area contributed by atoms with E-state index >= 15 is 0 Å². The monoisotopic (exact) mass is 270 g/mol. The number of carbonyl (C=O) groups is 1. The molecule has 1 atom stereocenters. The summed E-state index contributed by atoms with van der Waals surface area (Å²) in [6, 6.07) is 8.48. The first-order valence-electron chi connectivity index (χ1n) is 6.10. The number of carbonyl (C=O) groups excluding carboxylic acids is 1. The molecule has 0 aliphatic rings. The summed E-state index contributed by atoms with van der Waals surface area (Å²) in [5.41, 5.74) is 1.45. The molecule has 6 nitrogen and oxygen atoms in total. The fraction of sp³-hybridized carbons (Fsp3) is 0.214. The summed E-state index contributed by atoms with van der Waals surface area (Å²) < 4.78 is 5.34. The van der Waals surface area contributed by atoms with Gasteiger partial charge in [0.25, 0.3) is 5.91 Å². The van der Waals surface area contributed by atoms with Gasteiger partial charge in [-0.2, -0.15) is 10.4 Å². The van der Waals surface area contributed by atoms with Crippen LogP contribution in [0.25, 0.3) is 0 Å². The summed E-state index contributed by atoms with van der Waals surface area (Å²) in [5.74, 6) is 0.332. The zero-order valence-electron chi connectivity index (χ0n) is 11.0. The molecule has 1 unspecified atom stereocenters. The van der Waals surface area contributed by atoms with Gasteiger partial charge in [-0.25, -0.2) is 0 Å². The first-order valence-corrected chi connectivity index (χ1v) is 6.10. The molecule has 0 bridgehead atoms. The highest BCUT2D eigenvalue weighted by atomic mass is 16.5. The molecule has 6 heteroatoms. The molecule has 0 aliphatic heterocycles. The second-order valence-corrected chi connectivity index (χ2v) is 4.25. The number of hydrogen-bond donors (Lipinski definition) is 2. The number of benzene rings is 1. The van der Waals surface area contributed by atoms with Gasteiger partial charge in [0.2, 0.25) is 0 Å². The zero-order chi connectivity index (χ0) is 14.4. The molecular weight excluding hydrogens is 256 g/mol. The van der Waals surface area contributed by atoms with Gasteiger partial charge in [-0.1, -0.05) is 0 Å². The van der Waals surface area contributed by atoms with E-state index in [1.807, 2.05) is 13.0 Å². The van der Waals surface area contributed by atoms with Crippen LogP contribution in [-0.2, 0) is 4.79 Å². The number of nitrogens with one attached hydrogen (secondary N) is 2. The van der Waals surface area contributed by atoms with Crippen LogP contribution in [0.3, 0.4) is 0 Å². The van der Waals surface area contributed by atoms with Crippen LogP contribution < -0.4 is 10.1 Å². The van der Waals surface area contributed by atoms with Crippen molar-refractivity contribution in [1.82, 2.24) is 15.5 Å². The molecule has 2 rings (SSSR count).